The van der Waals surface area contributed by atoms with Crippen LogP contribution in [0.4, 0.5) is 5.69 Å². The van der Waals surface area contributed by atoms with Crippen molar-refractivity contribution in [2.75, 3.05) is 25.4 Å². The number of nitrogen functional groups attached to an aromatic ring is 1. The quantitative estimate of drug-likeness (QED) is 0.586. The van der Waals surface area contributed by atoms with Gasteiger partial charge in [0.25, 0.3) is 0 Å². The SMILES string of the molecule is Nc1cccc2c1CCN(CCC1CCCCN1S(=O)(=O)c1cccc3ccccc13)C2. The van der Waals surface area contributed by atoms with Gasteiger partial charge in [0.2, 0.25) is 10.0 Å². The Morgan fingerprint density at radius 1 is 0.938 bits per heavy atom. The maximum Gasteiger partial charge on any atom is 0.243 e. The number of piperidine rings is 1. The van der Waals surface area contributed by atoms with Gasteiger partial charge in [-0.1, -0.05) is 55.0 Å². The van der Waals surface area contributed by atoms with E-state index in [0.29, 0.717) is 11.4 Å². The summed E-state index contributed by atoms with van der Waals surface area (Å²) in [6.45, 7) is 3.38. The highest BCUT2D eigenvalue weighted by Gasteiger charge is 2.34. The highest BCUT2D eigenvalue weighted by Crippen LogP contribution is 2.32. The molecular formula is C26H31N3O2S. The van der Waals surface area contributed by atoms with Gasteiger partial charge in [0, 0.05) is 43.3 Å². The Kier molecular flexibility index (Phi) is 5.93. The van der Waals surface area contributed by atoms with Crippen LogP contribution < -0.4 is 5.73 Å². The summed E-state index contributed by atoms with van der Waals surface area (Å²) >= 11 is 0. The molecule has 0 aliphatic carbocycles. The minimum Gasteiger partial charge on any atom is -0.398 e. The van der Waals surface area contributed by atoms with E-state index in [9.17, 15) is 8.42 Å². The second-order valence-corrected chi connectivity index (χ2v) is 10.9. The molecule has 1 fully saturated rings. The van der Waals surface area contributed by atoms with E-state index in [1.165, 1.54) is 11.1 Å². The Morgan fingerprint density at radius 3 is 2.66 bits per heavy atom. The molecule has 3 aromatic carbocycles. The highest BCUT2D eigenvalue weighted by atomic mass is 32.2. The van der Waals surface area contributed by atoms with Crippen LogP contribution in [0.1, 0.15) is 36.8 Å². The molecular weight excluding hydrogens is 418 g/mol. The van der Waals surface area contributed by atoms with Crippen molar-refractivity contribution < 1.29 is 8.42 Å². The summed E-state index contributed by atoms with van der Waals surface area (Å²) in [4.78, 5) is 2.88. The lowest BCUT2D eigenvalue weighted by atomic mass is 9.97. The molecule has 1 unspecified atom stereocenters. The van der Waals surface area contributed by atoms with Gasteiger partial charge in [-0.2, -0.15) is 4.31 Å². The molecule has 5 nitrogen and oxygen atoms in total. The number of fused-ring (bicyclic) bond motifs is 2. The minimum absolute atomic E-state index is 0.0509. The summed E-state index contributed by atoms with van der Waals surface area (Å²) < 4.78 is 29.3. The van der Waals surface area contributed by atoms with Crippen molar-refractivity contribution in [2.24, 2.45) is 0 Å². The van der Waals surface area contributed by atoms with E-state index in [4.69, 9.17) is 5.73 Å². The summed E-state index contributed by atoms with van der Waals surface area (Å²) in [7, 11) is -3.55. The molecule has 0 saturated carbocycles. The van der Waals surface area contributed by atoms with E-state index in [2.05, 4.69) is 11.0 Å². The van der Waals surface area contributed by atoms with Crippen molar-refractivity contribution in [1.82, 2.24) is 9.21 Å². The fourth-order valence-electron chi connectivity index (χ4n) is 5.35. The van der Waals surface area contributed by atoms with Crippen LogP contribution in [-0.4, -0.2) is 43.3 Å². The summed E-state index contributed by atoms with van der Waals surface area (Å²) in [6.07, 6.45) is 4.77. The standard InChI is InChI=1S/C26H31N3O2S/c27-25-12-5-9-21-19-28(18-15-23(21)25)17-14-22-10-3-4-16-29(22)32(30,31)26-13-6-8-20-7-1-2-11-24(20)26/h1-2,5-9,11-13,22H,3-4,10,14-19,27H2. The molecule has 0 amide bonds. The van der Waals surface area contributed by atoms with Gasteiger partial charge in [0.15, 0.2) is 0 Å². The van der Waals surface area contributed by atoms with Gasteiger partial charge < -0.3 is 5.73 Å². The minimum atomic E-state index is -3.55. The first kappa shape index (κ1) is 21.4. The van der Waals surface area contributed by atoms with Gasteiger partial charge >= 0.3 is 0 Å². The molecule has 3 aromatic rings. The first-order valence-corrected chi connectivity index (χ1v) is 13.1. The van der Waals surface area contributed by atoms with E-state index < -0.39 is 10.0 Å². The second-order valence-electron chi connectivity index (χ2n) is 9.04. The topological polar surface area (TPSA) is 66.6 Å². The molecule has 5 rings (SSSR count). The summed E-state index contributed by atoms with van der Waals surface area (Å²) in [6, 6.07) is 19.6. The lowest BCUT2D eigenvalue weighted by Gasteiger charge is -2.37. The van der Waals surface area contributed by atoms with E-state index in [1.807, 2.05) is 48.5 Å². The van der Waals surface area contributed by atoms with Crippen LogP contribution in [0.5, 0.6) is 0 Å². The van der Waals surface area contributed by atoms with Crippen molar-refractivity contribution in [3.05, 3.63) is 71.8 Å². The van der Waals surface area contributed by atoms with E-state index in [0.717, 1.165) is 68.2 Å². The molecule has 0 aromatic heterocycles. The van der Waals surface area contributed by atoms with Crippen LogP contribution in [0, 0.1) is 0 Å². The molecule has 2 aliphatic rings. The summed E-state index contributed by atoms with van der Waals surface area (Å²) in [5.74, 6) is 0. The highest BCUT2D eigenvalue weighted by molar-refractivity contribution is 7.89. The van der Waals surface area contributed by atoms with Gasteiger partial charge in [0.05, 0.1) is 4.90 Å². The number of benzene rings is 3. The molecule has 32 heavy (non-hydrogen) atoms. The fourth-order valence-corrected chi connectivity index (χ4v) is 7.29. The average Bonchev–Trinajstić information content (AvgIpc) is 2.82. The van der Waals surface area contributed by atoms with Gasteiger partial charge in [-0.25, -0.2) is 8.42 Å². The van der Waals surface area contributed by atoms with Crippen LogP contribution in [0.25, 0.3) is 10.8 Å². The zero-order valence-corrected chi connectivity index (χ0v) is 19.2. The van der Waals surface area contributed by atoms with Gasteiger partial charge in [-0.15, -0.1) is 0 Å². The number of anilines is 1. The van der Waals surface area contributed by atoms with Crippen LogP contribution in [0.15, 0.2) is 65.6 Å². The molecule has 6 heteroatoms. The maximum absolute atomic E-state index is 13.8. The van der Waals surface area contributed by atoms with Crippen molar-refractivity contribution in [3.8, 4) is 0 Å². The smallest absolute Gasteiger partial charge is 0.243 e. The summed E-state index contributed by atoms with van der Waals surface area (Å²) in [5, 5.41) is 1.78. The van der Waals surface area contributed by atoms with Crippen molar-refractivity contribution in [3.63, 3.8) is 0 Å². The molecule has 1 atom stereocenters. The van der Waals surface area contributed by atoms with Gasteiger partial charge in [-0.05, 0) is 54.3 Å². The fraction of sp³-hybridized carbons (Fsp3) is 0.385. The van der Waals surface area contributed by atoms with Crippen LogP contribution in [0.2, 0.25) is 0 Å². The maximum atomic E-state index is 13.8. The van der Waals surface area contributed by atoms with E-state index >= 15 is 0 Å². The second kappa shape index (κ2) is 8.85. The third-order valence-electron chi connectivity index (χ3n) is 7.07. The third kappa shape index (κ3) is 4.03. The first-order chi connectivity index (χ1) is 15.5. The van der Waals surface area contributed by atoms with E-state index in [-0.39, 0.29) is 6.04 Å². The van der Waals surface area contributed by atoms with Crippen LogP contribution in [-0.2, 0) is 23.0 Å². The molecule has 2 heterocycles. The molecule has 0 bridgehead atoms. The lowest BCUT2D eigenvalue weighted by molar-refractivity contribution is 0.190. The lowest BCUT2D eigenvalue weighted by Crippen LogP contribution is -2.45. The number of nitrogens with zero attached hydrogens (tertiary/aromatic N) is 2. The number of sulfonamides is 1. The predicted molar refractivity (Wildman–Crippen MR) is 130 cm³/mol. The van der Waals surface area contributed by atoms with Crippen molar-refractivity contribution in [1.29, 1.82) is 0 Å². The van der Waals surface area contributed by atoms with Crippen LogP contribution >= 0.6 is 0 Å². The van der Waals surface area contributed by atoms with Gasteiger partial charge in [-0.3, -0.25) is 4.90 Å². The zero-order chi connectivity index (χ0) is 22.1. The number of hydrogen-bond acceptors (Lipinski definition) is 4. The number of hydrogen-bond donors (Lipinski definition) is 1. The van der Waals surface area contributed by atoms with Gasteiger partial charge in [0.1, 0.15) is 0 Å². The monoisotopic (exact) mass is 449 g/mol. The Balaban J connectivity index is 1.34. The molecule has 168 valence electrons. The Bertz CT molecular complexity index is 1220. The van der Waals surface area contributed by atoms with Crippen molar-refractivity contribution >= 4 is 26.5 Å². The molecule has 2 aliphatic heterocycles. The zero-order valence-electron chi connectivity index (χ0n) is 18.4. The normalized spacial score (nSPS) is 20.3. The molecule has 0 spiro atoms. The van der Waals surface area contributed by atoms with Crippen LogP contribution in [0.3, 0.4) is 0 Å². The van der Waals surface area contributed by atoms with E-state index in [1.54, 1.807) is 10.4 Å². The Morgan fingerprint density at radius 2 is 1.75 bits per heavy atom. The Labute approximate surface area is 190 Å². The average molecular weight is 450 g/mol. The number of nitrogens with two attached hydrogens (primary N) is 1. The molecule has 1 saturated heterocycles. The third-order valence-corrected chi connectivity index (χ3v) is 9.08. The Hall–Kier alpha value is -2.41. The molecule has 0 radical (unpaired) electrons. The number of rotatable bonds is 5. The molecule has 2 N–H and O–H groups in total. The first-order valence-electron chi connectivity index (χ1n) is 11.6. The van der Waals surface area contributed by atoms with Crippen molar-refractivity contribution in [2.45, 2.75) is 49.6 Å². The summed E-state index contributed by atoms with van der Waals surface area (Å²) in [5.41, 5.74) is 9.62. The largest absolute Gasteiger partial charge is 0.398 e. The predicted octanol–water partition coefficient (Wildman–Crippen LogP) is 4.41.